The van der Waals surface area contributed by atoms with E-state index in [1.54, 1.807) is 41.5 Å². The lowest BCUT2D eigenvalue weighted by Gasteiger charge is -2.28. The van der Waals surface area contributed by atoms with Crippen LogP contribution in [0.4, 0.5) is 4.39 Å². The number of morpholine rings is 1. The normalized spacial score (nSPS) is 16.2. The summed E-state index contributed by atoms with van der Waals surface area (Å²) in [5.41, 5.74) is 11.3. The Bertz CT molecular complexity index is 3070. The largest absolute Gasteiger partial charge is 0.379 e. The smallest absolute Gasteiger partial charge is 0.251 e. The SMILES string of the molecule is CC(=O)C[C@H](NC(=O)C(CC(C)C)n1cc(CN2CCOCC2)ccc1=O)c1cncc(-c2c(C)cccc2C)c1.CC(=O)C[C@H](NC(=O)C(CC(C)C)n1cc(CN2CC[C@@H](F)C2)ccc1=O)c1cncc(-c2c(C)cccc2C)c1. The van der Waals surface area contributed by atoms with Crippen molar-refractivity contribution in [3.63, 3.8) is 0 Å². The number of amides is 2. The molecular weight excluding hydrogens is 1040 g/mol. The number of likely N-dealkylation sites (tertiary alicyclic amines) is 1. The van der Waals surface area contributed by atoms with Crippen LogP contribution in [0.2, 0.25) is 0 Å². The molecule has 4 aromatic heterocycles. The van der Waals surface area contributed by atoms with Crippen molar-refractivity contribution in [1.29, 1.82) is 0 Å². The predicted molar refractivity (Wildman–Crippen MR) is 320 cm³/mol. The highest BCUT2D eigenvalue weighted by molar-refractivity contribution is 5.84. The van der Waals surface area contributed by atoms with E-state index in [0.717, 1.165) is 79.9 Å². The van der Waals surface area contributed by atoms with Gasteiger partial charge in [0, 0.05) is 113 Å². The summed E-state index contributed by atoms with van der Waals surface area (Å²) < 4.78 is 22.2. The van der Waals surface area contributed by atoms with Gasteiger partial charge in [-0.05, 0) is 140 Å². The molecular formula is C66H83FN8O7. The molecule has 2 amide bonds. The number of pyridine rings is 4. The first-order valence-corrected chi connectivity index (χ1v) is 28.8. The van der Waals surface area contributed by atoms with E-state index in [2.05, 4.69) is 51.5 Å². The van der Waals surface area contributed by atoms with Gasteiger partial charge >= 0.3 is 0 Å². The number of ether oxygens (including phenoxy) is 1. The van der Waals surface area contributed by atoms with Crippen molar-refractivity contribution in [3.8, 4) is 22.3 Å². The standard InChI is InChI=1S/C33H41FN4O3.C33H42N4O4/c1-21(2)13-30(38-19-25(9-10-31(38)40)18-37-12-11-28(34)20-37)33(41)36-29(14-24(5)39)26-15-27(17-35-16-26)32-22(3)7-6-8-23(32)4;1-22(2)15-30(37-21-26(9-10-31(37)39)20-36-11-13-41-14-12-36)33(40)35-29(16-25(5)38)27-17-28(19-34-18-27)32-23(3)7-6-8-24(32)4/h6-10,15-17,19,21,28-30H,11-14,18,20H2,1-5H3,(H,36,41);6-10,17-19,21-22,29-30H,11-16,20H2,1-5H3,(H,35,40)/t28-,29+,30?;29-,30?/m10/s1. The van der Waals surface area contributed by atoms with E-state index in [1.165, 1.54) is 24.5 Å². The number of aryl methyl sites for hydroxylation is 4. The molecule has 2 fully saturated rings. The summed E-state index contributed by atoms with van der Waals surface area (Å²) in [5.74, 6) is -0.421. The maximum absolute atomic E-state index is 13.9. The molecule has 436 valence electrons. The summed E-state index contributed by atoms with van der Waals surface area (Å²) >= 11 is 0. The Hall–Kier alpha value is -7.27. The first-order chi connectivity index (χ1) is 39.1. The minimum absolute atomic E-state index is 0.0436. The molecule has 16 heteroatoms. The molecule has 0 bridgehead atoms. The predicted octanol–water partition coefficient (Wildman–Crippen LogP) is 10.3. The van der Waals surface area contributed by atoms with E-state index in [0.29, 0.717) is 58.7 Å². The Morgan fingerprint density at radius 1 is 0.598 bits per heavy atom. The van der Waals surface area contributed by atoms with Crippen LogP contribution in [0.5, 0.6) is 0 Å². The molecule has 2 saturated heterocycles. The molecule has 2 aliphatic rings. The molecule has 0 aliphatic carbocycles. The third-order valence-corrected chi connectivity index (χ3v) is 15.3. The number of hydrogen-bond donors (Lipinski definition) is 2. The molecule has 0 saturated carbocycles. The second-order valence-corrected chi connectivity index (χ2v) is 23.3. The maximum Gasteiger partial charge on any atom is 0.251 e. The molecule has 6 aromatic rings. The van der Waals surface area contributed by atoms with Gasteiger partial charge in [0.15, 0.2) is 0 Å². The fourth-order valence-corrected chi connectivity index (χ4v) is 11.3. The lowest BCUT2D eigenvalue weighted by molar-refractivity contribution is -0.127. The highest BCUT2D eigenvalue weighted by atomic mass is 19.1. The van der Waals surface area contributed by atoms with Gasteiger partial charge in [0.2, 0.25) is 11.8 Å². The Morgan fingerprint density at radius 3 is 1.39 bits per heavy atom. The van der Waals surface area contributed by atoms with Crippen molar-refractivity contribution >= 4 is 23.4 Å². The van der Waals surface area contributed by atoms with Crippen LogP contribution in [0.15, 0.2) is 120 Å². The number of aromatic nitrogens is 4. The lowest BCUT2D eigenvalue weighted by Crippen LogP contribution is -2.40. The van der Waals surface area contributed by atoms with Crippen LogP contribution < -0.4 is 21.8 Å². The number of benzene rings is 2. The minimum Gasteiger partial charge on any atom is -0.379 e. The summed E-state index contributed by atoms with van der Waals surface area (Å²) in [6.45, 7) is 24.6. The van der Waals surface area contributed by atoms with Crippen LogP contribution in [0.1, 0.15) is 142 Å². The quantitative estimate of drug-likeness (QED) is 0.0661. The van der Waals surface area contributed by atoms with Gasteiger partial charge in [-0.3, -0.25) is 48.5 Å². The number of carbonyl (C=O) groups excluding carboxylic acids is 4. The van der Waals surface area contributed by atoms with E-state index in [9.17, 15) is 33.2 Å². The van der Waals surface area contributed by atoms with Crippen molar-refractivity contribution in [3.05, 3.63) is 175 Å². The Morgan fingerprint density at radius 2 is 1.01 bits per heavy atom. The number of nitrogens with zero attached hydrogens (tertiary/aromatic N) is 6. The van der Waals surface area contributed by atoms with Gasteiger partial charge in [-0.15, -0.1) is 0 Å². The third-order valence-electron chi connectivity index (χ3n) is 15.3. The molecule has 15 nitrogen and oxygen atoms in total. The fourth-order valence-electron chi connectivity index (χ4n) is 11.3. The van der Waals surface area contributed by atoms with Crippen LogP contribution in [0.3, 0.4) is 0 Å². The van der Waals surface area contributed by atoms with E-state index >= 15 is 0 Å². The van der Waals surface area contributed by atoms with Gasteiger partial charge in [0.25, 0.3) is 11.1 Å². The molecule has 0 radical (unpaired) electrons. The summed E-state index contributed by atoms with van der Waals surface area (Å²) in [6, 6.07) is 20.2. The Labute approximate surface area is 482 Å². The van der Waals surface area contributed by atoms with Gasteiger partial charge in [-0.25, -0.2) is 4.39 Å². The Kier molecular flexibility index (Phi) is 22.1. The van der Waals surface area contributed by atoms with E-state index in [1.807, 2.05) is 101 Å². The molecule has 2 aromatic carbocycles. The number of alkyl halides is 1. The average molecular weight is 1120 g/mol. The first-order valence-electron chi connectivity index (χ1n) is 28.8. The molecule has 6 heterocycles. The van der Waals surface area contributed by atoms with Crippen molar-refractivity contribution in [2.24, 2.45) is 11.8 Å². The summed E-state index contributed by atoms with van der Waals surface area (Å²) in [6.07, 6.45) is 11.4. The highest BCUT2D eigenvalue weighted by Gasteiger charge is 2.30. The van der Waals surface area contributed by atoms with E-state index in [4.69, 9.17) is 4.74 Å². The topological polar surface area (TPSA) is 178 Å². The second-order valence-electron chi connectivity index (χ2n) is 23.3. The zero-order chi connectivity index (χ0) is 59.2. The van der Waals surface area contributed by atoms with Crippen molar-refractivity contribution in [1.82, 2.24) is 39.5 Å². The van der Waals surface area contributed by atoms with Crippen LogP contribution in [-0.4, -0.2) is 97.8 Å². The number of halogens is 1. The molecule has 2 aliphatic heterocycles. The van der Waals surface area contributed by atoms with Crippen LogP contribution in [-0.2, 0) is 37.0 Å². The first kappa shape index (κ1) is 62.3. The number of carbonyl (C=O) groups is 4. The van der Waals surface area contributed by atoms with Gasteiger partial charge < -0.3 is 24.5 Å². The summed E-state index contributed by atoms with van der Waals surface area (Å²) in [7, 11) is 0. The molecule has 0 spiro atoms. The maximum atomic E-state index is 13.9. The fraction of sp³-hybridized carbons (Fsp3) is 0.455. The Balaban J connectivity index is 0.000000236. The molecule has 2 N–H and O–H groups in total. The van der Waals surface area contributed by atoms with Gasteiger partial charge in [0.05, 0.1) is 25.3 Å². The third kappa shape index (κ3) is 17.1. The number of ketones is 2. The summed E-state index contributed by atoms with van der Waals surface area (Å²) in [4.78, 5) is 91.8. The van der Waals surface area contributed by atoms with Crippen molar-refractivity contribution in [2.45, 2.75) is 145 Å². The summed E-state index contributed by atoms with van der Waals surface area (Å²) in [5, 5.41) is 6.20. The number of rotatable bonds is 22. The zero-order valence-corrected chi connectivity index (χ0v) is 49.5. The number of nitrogens with one attached hydrogen (secondary N) is 2. The highest BCUT2D eigenvalue weighted by Crippen LogP contribution is 2.32. The average Bonchev–Trinajstić information content (AvgIpc) is 3.94. The monoisotopic (exact) mass is 1120 g/mol. The molecule has 8 rings (SSSR count). The number of Topliss-reactive ketones (excluding diaryl/α,β-unsaturated/α-hetero) is 2. The molecule has 2 unspecified atom stereocenters. The van der Waals surface area contributed by atoms with Crippen LogP contribution in [0, 0.1) is 39.5 Å². The lowest BCUT2D eigenvalue weighted by atomic mass is 9.94. The van der Waals surface area contributed by atoms with Crippen LogP contribution >= 0.6 is 0 Å². The van der Waals surface area contributed by atoms with Crippen molar-refractivity contribution < 1.29 is 28.3 Å². The van der Waals surface area contributed by atoms with E-state index < -0.39 is 30.3 Å². The minimum atomic E-state index is -0.832. The van der Waals surface area contributed by atoms with Gasteiger partial charge in [-0.2, -0.15) is 0 Å². The number of hydrogen-bond acceptors (Lipinski definition) is 11. The zero-order valence-electron chi connectivity index (χ0n) is 49.5. The van der Waals surface area contributed by atoms with Crippen molar-refractivity contribution in [2.75, 3.05) is 39.4 Å². The second kappa shape index (κ2) is 29.1. The molecule has 82 heavy (non-hydrogen) atoms. The van der Waals surface area contributed by atoms with Gasteiger partial charge in [0.1, 0.15) is 29.8 Å². The van der Waals surface area contributed by atoms with E-state index in [-0.39, 0.29) is 59.2 Å². The van der Waals surface area contributed by atoms with Gasteiger partial charge in [-0.1, -0.05) is 76.2 Å². The van der Waals surface area contributed by atoms with Crippen LogP contribution in [0.25, 0.3) is 22.3 Å². The molecule has 5 atom stereocenters.